The molecule has 2 atom stereocenters. The quantitative estimate of drug-likeness (QED) is 0.854. The van der Waals surface area contributed by atoms with Crippen molar-refractivity contribution >= 4 is 6.09 Å². The minimum absolute atomic E-state index is 0.133. The summed E-state index contributed by atoms with van der Waals surface area (Å²) in [6.07, 6.45) is 7.86. The molecular weight excluding hydrogens is 302 g/mol. The molecule has 0 aliphatic carbocycles. The van der Waals surface area contributed by atoms with Crippen molar-refractivity contribution in [2.45, 2.75) is 64.1 Å². The van der Waals surface area contributed by atoms with E-state index in [-0.39, 0.29) is 6.09 Å². The molecule has 0 unspecified atom stereocenters. The Kier molecular flexibility index (Phi) is 5.09. The molecule has 2 aliphatic heterocycles. The van der Waals surface area contributed by atoms with E-state index in [1.54, 1.807) is 0 Å². The topological polar surface area (TPSA) is 45.7 Å². The van der Waals surface area contributed by atoms with Crippen LogP contribution in [-0.4, -0.2) is 58.2 Å². The van der Waals surface area contributed by atoms with Gasteiger partial charge in [0.15, 0.2) is 0 Å². The van der Waals surface area contributed by atoms with E-state index in [9.17, 15) is 4.79 Å². The third-order valence-electron chi connectivity index (χ3n) is 4.94. The lowest BCUT2D eigenvalue weighted by molar-refractivity contribution is 0.0153. The molecule has 24 heavy (non-hydrogen) atoms. The number of carbonyl (C=O) groups is 1. The van der Waals surface area contributed by atoms with E-state index in [4.69, 9.17) is 4.74 Å². The number of pyridine rings is 1. The molecule has 2 aliphatic rings. The van der Waals surface area contributed by atoms with Crippen molar-refractivity contribution in [3.63, 3.8) is 0 Å². The first-order chi connectivity index (χ1) is 11.4. The molecule has 2 fully saturated rings. The van der Waals surface area contributed by atoms with E-state index in [0.717, 1.165) is 45.3 Å². The lowest BCUT2D eigenvalue weighted by Crippen LogP contribution is -2.45. The Morgan fingerprint density at radius 1 is 1.21 bits per heavy atom. The second kappa shape index (κ2) is 7.09. The molecule has 0 N–H and O–H groups in total. The third-order valence-corrected chi connectivity index (χ3v) is 4.94. The number of aromatic nitrogens is 1. The number of likely N-dealkylation sites (tertiary alicyclic amines) is 1. The highest BCUT2D eigenvalue weighted by molar-refractivity contribution is 5.69. The largest absolute Gasteiger partial charge is 0.444 e. The van der Waals surface area contributed by atoms with Gasteiger partial charge in [-0.3, -0.25) is 4.98 Å². The molecule has 3 rings (SSSR count). The summed E-state index contributed by atoms with van der Waals surface area (Å²) in [7, 11) is 0. The molecule has 3 heterocycles. The van der Waals surface area contributed by atoms with E-state index >= 15 is 0 Å². The number of nitrogens with zero attached hydrogens (tertiary/aromatic N) is 3. The maximum absolute atomic E-state index is 12.6. The molecule has 2 saturated heterocycles. The molecule has 5 nitrogen and oxygen atoms in total. The molecule has 2 bridgehead atoms. The van der Waals surface area contributed by atoms with E-state index in [1.807, 2.05) is 38.1 Å². The number of hydrogen-bond acceptors (Lipinski definition) is 4. The summed E-state index contributed by atoms with van der Waals surface area (Å²) in [5, 5.41) is 0. The normalized spacial score (nSPS) is 24.7. The summed E-state index contributed by atoms with van der Waals surface area (Å²) in [5.74, 6) is 0. The Bertz CT molecular complexity index is 555. The zero-order chi connectivity index (χ0) is 17.2. The van der Waals surface area contributed by atoms with Crippen LogP contribution in [0.25, 0.3) is 0 Å². The first-order valence-electron chi connectivity index (χ1n) is 9.05. The zero-order valence-electron chi connectivity index (χ0n) is 15.1. The summed E-state index contributed by atoms with van der Waals surface area (Å²) >= 11 is 0. The van der Waals surface area contributed by atoms with E-state index < -0.39 is 5.60 Å². The van der Waals surface area contributed by atoms with Gasteiger partial charge >= 0.3 is 6.09 Å². The SMILES string of the molecule is CC(C)(C)OC(=O)N1[C@H]2CC[C@H]1CN(CCc1ccncc1)CC2. The molecule has 0 spiro atoms. The zero-order valence-corrected chi connectivity index (χ0v) is 15.1. The number of ether oxygens (including phenoxy) is 1. The van der Waals surface area contributed by atoms with Crippen LogP contribution in [-0.2, 0) is 11.2 Å². The van der Waals surface area contributed by atoms with Gasteiger partial charge in [0.05, 0.1) is 0 Å². The average Bonchev–Trinajstić information content (AvgIpc) is 2.81. The van der Waals surface area contributed by atoms with Crippen LogP contribution in [0.2, 0.25) is 0 Å². The van der Waals surface area contributed by atoms with Crippen LogP contribution in [0.1, 0.15) is 45.6 Å². The van der Waals surface area contributed by atoms with Gasteiger partial charge in [-0.1, -0.05) is 0 Å². The molecule has 1 aromatic rings. The third kappa shape index (κ3) is 4.26. The number of hydrogen-bond donors (Lipinski definition) is 0. The minimum atomic E-state index is -0.427. The van der Waals surface area contributed by atoms with Gasteiger partial charge in [0.1, 0.15) is 5.60 Å². The minimum Gasteiger partial charge on any atom is -0.444 e. The Balaban J connectivity index is 1.59. The highest BCUT2D eigenvalue weighted by Crippen LogP contribution is 2.31. The van der Waals surface area contributed by atoms with E-state index in [1.165, 1.54) is 5.56 Å². The van der Waals surface area contributed by atoms with Gasteiger partial charge in [-0.05, 0) is 64.2 Å². The Morgan fingerprint density at radius 3 is 2.62 bits per heavy atom. The number of fused-ring (bicyclic) bond motifs is 2. The molecule has 0 aromatic carbocycles. The van der Waals surface area contributed by atoms with Crippen molar-refractivity contribution in [3.8, 4) is 0 Å². The van der Waals surface area contributed by atoms with Crippen LogP contribution >= 0.6 is 0 Å². The standard InChI is InChI=1S/C19H29N3O2/c1-19(2,3)24-18(23)22-16-4-5-17(22)14-21(13-9-16)12-8-15-6-10-20-11-7-15/h6-7,10-11,16-17H,4-5,8-9,12-14H2,1-3H3/t16-,17-/m0/s1. The summed E-state index contributed by atoms with van der Waals surface area (Å²) in [5.41, 5.74) is 0.896. The molecule has 0 radical (unpaired) electrons. The fourth-order valence-corrected chi connectivity index (χ4v) is 3.80. The van der Waals surface area contributed by atoms with E-state index in [0.29, 0.717) is 12.1 Å². The van der Waals surface area contributed by atoms with Crippen molar-refractivity contribution in [3.05, 3.63) is 30.1 Å². The maximum Gasteiger partial charge on any atom is 0.410 e. The van der Waals surface area contributed by atoms with Crippen LogP contribution in [0.5, 0.6) is 0 Å². The first-order valence-corrected chi connectivity index (χ1v) is 9.05. The Labute approximate surface area is 145 Å². The van der Waals surface area contributed by atoms with Crippen molar-refractivity contribution in [2.75, 3.05) is 19.6 Å². The summed E-state index contributed by atoms with van der Waals surface area (Å²) in [6, 6.07) is 4.80. The fraction of sp³-hybridized carbons (Fsp3) is 0.684. The average molecular weight is 331 g/mol. The first kappa shape index (κ1) is 17.2. The second-order valence-corrected chi connectivity index (χ2v) is 7.97. The van der Waals surface area contributed by atoms with Crippen molar-refractivity contribution in [2.24, 2.45) is 0 Å². The molecule has 132 valence electrons. The molecule has 1 amide bonds. The smallest absolute Gasteiger partial charge is 0.410 e. The fourth-order valence-electron chi connectivity index (χ4n) is 3.80. The second-order valence-electron chi connectivity index (χ2n) is 7.97. The van der Waals surface area contributed by atoms with Crippen LogP contribution in [0.15, 0.2) is 24.5 Å². The van der Waals surface area contributed by atoms with Gasteiger partial charge in [0, 0.05) is 44.1 Å². The number of amides is 1. The van der Waals surface area contributed by atoms with Gasteiger partial charge in [0.25, 0.3) is 0 Å². The van der Waals surface area contributed by atoms with Crippen LogP contribution < -0.4 is 0 Å². The van der Waals surface area contributed by atoms with Crippen molar-refractivity contribution < 1.29 is 9.53 Å². The maximum atomic E-state index is 12.6. The summed E-state index contributed by atoms with van der Waals surface area (Å²) < 4.78 is 5.64. The Hall–Kier alpha value is -1.62. The van der Waals surface area contributed by atoms with Gasteiger partial charge in [0.2, 0.25) is 0 Å². The van der Waals surface area contributed by atoms with Gasteiger partial charge in [-0.25, -0.2) is 4.79 Å². The van der Waals surface area contributed by atoms with Crippen LogP contribution in [0.3, 0.4) is 0 Å². The lowest BCUT2D eigenvalue weighted by atomic mass is 10.1. The monoisotopic (exact) mass is 331 g/mol. The lowest BCUT2D eigenvalue weighted by Gasteiger charge is -2.31. The summed E-state index contributed by atoms with van der Waals surface area (Å²) in [6.45, 7) is 8.87. The predicted molar refractivity (Wildman–Crippen MR) is 93.9 cm³/mol. The predicted octanol–water partition coefficient (Wildman–Crippen LogP) is 3.10. The highest BCUT2D eigenvalue weighted by Gasteiger charge is 2.41. The van der Waals surface area contributed by atoms with E-state index in [2.05, 4.69) is 22.0 Å². The van der Waals surface area contributed by atoms with Crippen molar-refractivity contribution in [1.82, 2.24) is 14.8 Å². The summed E-state index contributed by atoms with van der Waals surface area (Å²) in [4.78, 5) is 21.2. The molecule has 5 heteroatoms. The molecular formula is C19H29N3O2. The highest BCUT2D eigenvalue weighted by atomic mass is 16.6. The van der Waals surface area contributed by atoms with Gasteiger partial charge in [-0.2, -0.15) is 0 Å². The van der Waals surface area contributed by atoms with Gasteiger partial charge < -0.3 is 14.5 Å². The van der Waals surface area contributed by atoms with Gasteiger partial charge in [-0.15, -0.1) is 0 Å². The number of rotatable bonds is 3. The van der Waals surface area contributed by atoms with Crippen LogP contribution in [0.4, 0.5) is 4.79 Å². The Morgan fingerprint density at radius 2 is 1.92 bits per heavy atom. The number of carbonyl (C=O) groups excluding carboxylic acids is 1. The molecule has 0 saturated carbocycles. The van der Waals surface area contributed by atoms with Crippen molar-refractivity contribution in [1.29, 1.82) is 0 Å². The molecule has 1 aromatic heterocycles. The van der Waals surface area contributed by atoms with Crippen LogP contribution in [0, 0.1) is 0 Å².